The molecule has 0 aliphatic heterocycles. The smallest absolute Gasteiger partial charge is 0.338 e. The third kappa shape index (κ3) is 7.55. The van der Waals surface area contributed by atoms with Crippen LogP contribution < -0.4 is 10.0 Å². The van der Waals surface area contributed by atoms with Crippen molar-refractivity contribution in [3.05, 3.63) is 65.2 Å². The number of sulfonamides is 1. The summed E-state index contributed by atoms with van der Waals surface area (Å²) in [5.74, 6) is 1.40. The molecule has 0 spiro atoms. The fraction of sp³-hybridized carbons (Fsp3) is 0.304. The van der Waals surface area contributed by atoms with Crippen molar-refractivity contribution in [3.63, 3.8) is 0 Å². The standard InChI is InChI=1S/C23H26N2O5S/c1-4-13-25-31(28,29)21-7-5-6-20(15-21)23(27)30-16-22(26)24-14-12-18-8-10-19(11-9-18)17(2)3/h1,5-11,15,17,25H,12-14,16H2,2-3H3,(H,24,26). The molecule has 8 heteroatoms. The number of carbonyl (C=O) groups is 2. The molecule has 164 valence electrons. The molecular weight excluding hydrogens is 416 g/mol. The molecule has 0 aliphatic carbocycles. The van der Waals surface area contributed by atoms with E-state index in [1.165, 1.54) is 29.8 Å². The summed E-state index contributed by atoms with van der Waals surface area (Å²) in [4.78, 5) is 24.0. The monoisotopic (exact) mass is 442 g/mol. The molecular formula is C23H26N2O5S. The molecule has 0 aliphatic rings. The first-order valence-electron chi connectivity index (χ1n) is 9.79. The predicted octanol–water partition coefficient (Wildman–Crippen LogP) is 2.24. The van der Waals surface area contributed by atoms with Crippen LogP contribution in [0.5, 0.6) is 0 Å². The Morgan fingerprint density at radius 2 is 1.84 bits per heavy atom. The van der Waals surface area contributed by atoms with E-state index in [1.807, 2.05) is 12.1 Å². The van der Waals surface area contributed by atoms with Gasteiger partial charge in [-0.2, -0.15) is 4.72 Å². The summed E-state index contributed by atoms with van der Waals surface area (Å²) < 4.78 is 31.4. The molecule has 1 amide bonds. The minimum Gasteiger partial charge on any atom is -0.452 e. The largest absolute Gasteiger partial charge is 0.452 e. The van der Waals surface area contributed by atoms with E-state index >= 15 is 0 Å². The number of amides is 1. The second kappa shape index (κ2) is 11.3. The van der Waals surface area contributed by atoms with Crippen LogP contribution in [0, 0.1) is 12.3 Å². The van der Waals surface area contributed by atoms with Crippen LogP contribution in [0.4, 0.5) is 0 Å². The molecule has 2 rings (SSSR count). The molecule has 0 fully saturated rings. The summed E-state index contributed by atoms with van der Waals surface area (Å²) >= 11 is 0. The van der Waals surface area contributed by atoms with Crippen molar-refractivity contribution in [3.8, 4) is 12.3 Å². The van der Waals surface area contributed by atoms with Crippen molar-refractivity contribution in [2.24, 2.45) is 0 Å². The van der Waals surface area contributed by atoms with Crippen molar-refractivity contribution in [2.75, 3.05) is 19.7 Å². The quantitative estimate of drug-likeness (QED) is 0.434. The molecule has 2 aromatic rings. The van der Waals surface area contributed by atoms with E-state index in [1.54, 1.807) is 0 Å². The second-order valence-electron chi connectivity index (χ2n) is 7.13. The molecule has 7 nitrogen and oxygen atoms in total. The van der Waals surface area contributed by atoms with Gasteiger partial charge < -0.3 is 10.1 Å². The number of hydrogen-bond acceptors (Lipinski definition) is 5. The molecule has 2 aromatic carbocycles. The number of esters is 1. The second-order valence-corrected chi connectivity index (χ2v) is 8.90. The number of rotatable bonds is 10. The summed E-state index contributed by atoms with van der Waals surface area (Å²) in [6, 6.07) is 13.5. The Morgan fingerprint density at radius 3 is 2.48 bits per heavy atom. The van der Waals surface area contributed by atoms with Gasteiger partial charge in [-0.05, 0) is 41.7 Å². The predicted molar refractivity (Wildman–Crippen MR) is 118 cm³/mol. The lowest BCUT2D eigenvalue weighted by molar-refractivity contribution is -0.124. The molecule has 31 heavy (non-hydrogen) atoms. The Morgan fingerprint density at radius 1 is 1.13 bits per heavy atom. The van der Waals surface area contributed by atoms with Crippen molar-refractivity contribution < 1.29 is 22.7 Å². The van der Waals surface area contributed by atoms with E-state index in [9.17, 15) is 18.0 Å². The van der Waals surface area contributed by atoms with Crippen LogP contribution in [-0.2, 0) is 26.0 Å². The van der Waals surface area contributed by atoms with Crippen LogP contribution in [0.3, 0.4) is 0 Å². The van der Waals surface area contributed by atoms with Gasteiger partial charge in [-0.15, -0.1) is 6.42 Å². The maximum atomic E-state index is 12.2. The number of terminal acetylenes is 1. The van der Waals surface area contributed by atoms with Gasteiger partial charge in [0.1, 0.15) is 0 Å². The number of nitrogens with one attached hydrogen (secondary N) is 2. The molecule has 0 bridgehead atoms. The highest BCUT2D eigenvalue weighted by Gasteiger charge is 2.17. The first kappa shape index (κ1) is 24.1. The molecule has 0 aromatic heterocycles. The van der Waals surface area contributed by atoms with Gasteiger partial charge in [0.15, 0.2) is 6.61 Å². The van der Waals surface area contributed by atoms with Gasteiger partial charge in [-0.1, -0.05) is 50.1 Å². The van der Waals surface area contributed by atoms with Crippen molar-refractivity contribution in [1.29, 1.82) is 0 Å². The maximum absolute atomic E-state index is 12.2. The van der Waals surface area contributed by atoms with Gasteiger partial charge >= 0.3 is 5.97 Å². The average Bonchev–Trinajstić information content (AvgIpc) is 2.76. The molecule has 0 heterocycles. The Hall–Kier alpha value is -3.15. The van der Waals surface area contributed by atoms with Crippen LogP contribution >= 0.6 is 0 Å². The van der Waals surface area contributed by atoms with Gasteiger partial charge in [-0.25, -0.2) is 13.2 Å². The Kier molecular flexibility index (Phi) is 8.79. The lowest BCUT2D eigenvalue weighted by Gasteiger charge is -2.09. The van der Waals surface area contributed by atoms with E-state index in [4.69, 9.17) is 11.2 Å². The van der Waals surface area contributed by atoms with Crippen LogP contribution in [0.15, 0.2) is 53.4 Å². The molecule has 0 saturated carbocycles. The molecule has 2 N–H and O–H groups in total. The van der Waals surface area contributed by atoms with Crippen LogP contribution in [0.1, 0.15) is 41.3 Å². The fourth-order valence-electron chi connectivity index (χ4n) is 2.69. The van der Waals surface area contributed by atoms with Crippen molar-refractivity contribution >= 4 is 21.9 Å². The normalized spacial score (nSPS) is 11.0. The molecule has 0 radical (unpaired) electrons. The van der Waals surface area contributed by atoms with Crippen LogP contribution in [0.2, 0.25) is 0 Å². The average molecular weight is 443 g/mol. The van der Waals surface area contributed by atoms with E-state index in [2.05, 4.69) is 41.9 Å². The van der Waals surface area contributed by atoms with E-state index < -0.39 is 28.5 Å². The van der Waals surface area contributed by atoms with Crippen molar-refractivity contribution in [1.82, 2.24) is 10.0 Å². The minimum atomic E-state index is -3.84. The molecule has 0 atom stereocenters. The third-order valence-electron chi connectivity index (χ3n) is 4.46. The van der Waals surface area contributed by atoms with Gasteiger partial charge in [0.05, 0.1) is 17.0 Å². The summed E-state index contributed by atoms with van der Waals surface area (Å²) in [6.45, 7) is 4.03. The van der Waals surface area contributed by atoms with Gasteiger partial charge in [-0.3, -0.25) is 4.79 Å². The Labute approximate surface area is 183 Å². The topological polar surface area (TPSA) is 102 Å². The minimum absolute atomic E-state index is 0.0154. The zero-order valence-corrected chi connectivity index (χ0v) is 18.4. The first-order chi connectivity index (χ1) is 14.7. The lowest BCUT2D eigenvalue weighted by Crippen LogP contribution is -2.30. The van der Waals surface area contributed by atoms with Crippen LogP contribution in [0.25, 0.3) is 0 Å². The van der Waals surface area contributed by atoms with Gasteiger partial charge in [0, 0.05) is 6.54 Å². The van der Waals surface area contributed by atoms with Gasteiger partial charge in [0.25, 0.3) is 5.91 Å². The Balaban J connectivity index is 1.82. The van der Waals surface area contributed by atoms with E-state index in [-0.39, 0.29) is 17.0 Å². The highest BCUT2D eigenvalue weighted by Crippen LogP contribution is 2.15. The summed E-state index contributed by atoms with van der Waals surface area (Å²) in [5.41, 5.74) is 2.36. The SMILES string of the molecule is C#CCNS(=O)(=O)c1cccc(C(=O)OCC(=O)NCCc2ccc(C(C)C)cc2)c1. The number of carbonyl (C=O) groups excluding carboxylic acids is 2. The van der Waals surface area contributed by atoms with E-state index in [0.717, 1.165) is 5.56 Å². The summed E-state index contributed by atoms with van der Waals surface area (Å²) in [7, 11) is -3.84. The zero-order valence-electron chi connectivity index (χ0n) is 17.6. The highest BCUT2D eigenvalue weighted by atomic mass is 32.2. The molecule has 0 saturated heterocycles. The summed E-state index contributed by atoms with van der Waals surface area (Å²) in [6.07, 6.45) is 5.71. The number of ether oxygens (including phenoxy) is 1. The maximum Gasteiger partial charge on any atom is 0.338 e. The number of hydrogen-bond donors (Lipinski definition) is 2. The van der Waals surface area contributed by atoms with Crippen molar-refractivity contribution in [2.45, 2.75) is 31.1 Å². The Bertz CT molecular complexity index is 1050. The van der Waals surface area contributed by atoms with E-state index in [0.29, 0.717) is 18.9 Å². The third-order valence-corrected chi connectivity index (χ3v) is 5.86. The van der Waals surface area contributed by atoms with Gasteiger partial charge in [0.2, 0.25) is 10.0 Å². The lowest BCUT2D eigenvalue weighted by atomic mass is 10.0. The fourth-order valence-corrected chi connectivity index (χ4v) is 3.67. The number of benzene rings is 2. The molecule has 0 unspecified atom stereocenters. The summed E-state index contributed by atoms with van der Waals surface area (Å²) in [5, 5.41) is 2.69. The zero-order chi connectivity index (χ0) is 22.9. The first-order valence-corrected chi connectivity index (χ1v) is 11.3. The van der Waals surface area contributed by atoms with Crippen LogP contribution in [-0.4, -0.2) is 40.0 Å². The highest BCUT2D eigenvalue weighted by molar-refractivity contribution is 7.89.